The lowest BCUT2D eigenvalue weighted by Crippen LogP contribution is -1.92. The van der Waals surface area contributed by atoms with E-state index in [1.165, 1.54) is 6.07 Å². The first-order chi connectivity index (χ1) is 7.72. The van der Waals surface area contributed by atoms with Crippen LogP contribution in [0.3, 0.4) is 0 Å². The summed E-state index contributed by atoms with van der Waals surface area (Å²) in [4.78, 5) is 4.17. The van der Waals surface area contributed by atoms with Gasteiger partial charge in [-0.2, -0.15) is 0 Å². The van der Waals surface area contributed by atoms with Crippen LogP contribution in [0.2, 0.25) is 5.02 Å². The summed E-state index contributed by atoms with van der Waals surface area (Å²) in [5.41, 5.74) is 2.02. The first-order valence-electron chi connectivity index (χ1n) is 4.67. The van der Waals surface area contributed by atoms with Crippen LogP contribution in [0.1, 0.15) is 5.69 Å². The Morgan fingerprint density at radius 3 is 2.69 bits per heavy atom. The minimum atomic E-state index is -0.270. The molecule has 0 aliphatic carbocycles. The van der Waals surface area contributed by atoms with E-state index in [4.69, 9.17) is 11.6 Å². The number of rotatable bonds is 2. The van der Waals surface area contributed by atoms with Crippen LogP contribution in [0.25, 0.3) is 11.1 Å². The second-order valence-electron chi connectivity index (χ2n) is 3.26. The van der Waals surface area contributed by atoms with Crippen molar-refractivity contribution in [1.82, 2.24) is 4.98 Å². The van der Waals surface area contributed by atoms with E-state index in [0.29, 0.717) is 15.9 Å². The van der Waals surface area contributed by atoms with Gasteiger partial charge in [0.1, 0.15) is 5.82 Å². The maximum absolute atomic E-state index is 13.6. The molecule has 0 N–H and O–H groups in total. The Hall–Kier alpha value is -0.930. The van der Waals surface area contributed by atoms with Crippen LogP contribution in [0.15, 0.2) is 36.5 Å². The lowest BCUT2D eigenvalue weighted by atomic mass is 10.0. The van der Waals surface area contributed by atoms with Crippen LogP contribution in [0.5, 0.6) is 0 Å². The SMILES string of the molecule is Fc1ccccc1-c1cc(Cl)cnc1CBr. The Labute approximate surface area is 106 Å². The molecule has 1 aromatic carbocycles. The summed E-state index contributed by atoms with van der Waals surface area (Å²) in [7, 11) is 0. The van der Waals surface area contributed by atoms with Gasteiger partial charge in [-0.05, 0) is 12.1 Å². The zero-order chi connectivity index (χ0) is 11.5. The first-order valence-corrected chi connectivity index (χ1v) is 6.17. The molecule has 82 valence electrons. The zero-order valence-corrected chi connectivity index (χ0v) is 10.6. The number of benzene rings is 1. The molecule has 0 unspecified atom stereocenters. The van der Waals surface area contributed by atoms with Gasteiger partial charge in [0.15, 0.2) is 0 Å². The molecular weight excluding hydrogens is 292 g/mol. The quantitative estimate of drug-likeness (QED) is 0.747. The Bertz CT molecular complexity index is 516. The molecule has 0 atom stereocenters. The van der Waals surface area contributed by atoms with Crippen molar-refractivity contribution in [2.75, 3.05) is 0 Å². The van der Waals surface area contributed by atoms with E-state index in [2.05, 4.69) is 20.9 Å². The summed E-state index contributed by atoms with van der Waals surface area (Å²) in [5.74, 6) is -0.270. The standard InChI is InChI=1S/C12H8BrClFN/c13-6-12-10(5-8(14)7-16-12)9-3-1-2-4-11(9)15/h1-5,7H,6H2. The van der Waals surface area contributed by atoms with E-state index in [-0.39, 0.29) is 5.82 Å². The molecule has 0 bridgehead atoms. The van der Waals surface area contributed by atoms with Crippen molar-refractivity contribution in [2.45, 2.75) is 5.33 Å². The van der Waals surface area contributed by atoms with Gasteiger partial charge in [-0.15, -0.1) is 0 Å². The summed E-state index contributed by atoms with van der Waals surface area (Å²) < 4.78 is 13.6. The fourth-order valence-electron chi connectivity index (χ4n) is 1.49. The van der Waals surface area contributed by atoms with Crippen molar-refractivity contribution < 1.29 is 4.39 Å². The summed E-state index contributed by atoms with van der Waals surface area (Å²) in [6, 6.07) is 8.31. The van der Waals surface area contributed by atoms with Crippen molar-refractivity contribution in [3.05, 3.63) is 53.1 Å². The number of hydrogen-bond donors (Lipinski definition) is 0. The van der Waals surface area contributed by atoms with Crippen LogP contribution in [0.4, 0.5) is 4.39 Å². The van der Waals surface area contributed by atoms with Gasteiger partial charge in [0.25, 0.3) is 0 Å². The third-order valence-electron chi connectivity index (χ3n) is 2.23. The predicted octanol–water partition coefficient (Wildman–Crippen LogP) is 4.44. The second kappa shape index (κ2) is 4.93. The predicted molar refractivity (Wildman–Crippen MR) is 67.3 cm³/mol. The molecule has 1 nitrogen and oxygen atoms in total. The summed E-state index contributed by atoms with van der Waals surface area (Å²) in [5, 5.41) is 1.07. The fourth-order valence-corrected chi connectivity index (χ4v) is 2.09. The van der Waals surface area contributed by atoms with Crippen molar-refractivity contribution in [3.63, 3.8) is 0 Å². The van der Waals surface area contributed by atoms with E-state index >= 15 is 0 Å². The molecule has 0 radical (unpaired) electrons. The molecular formula is C12H8BrClFN. The van der Waals surface area contributed by atoms with Crippen molar-refractivity contribution >= 4 is 27.5 Å². The van der Waals surface area contributed by atoms with E-state index in [0.717, 1.165) is 11.3 Å². The van der Waals surface area contributed by atoms with Gasteiger partial charge in [-0.1, -0.05) is 45.7 Å². The normalized spacial score (nSPS) is 10.4. The Kier molecular flexibility index (Phi) is 3.56. The highest BCUT2D eigenvalue weighted by Gasteiger charge is 2.10. The van der Waals surface area contributed by atoms with Gasteiger partial charge < -0.3 is 0 Å². The first kappa shape index (κ1) is 11.6. The number of nitrogens with zero attached hydrogens (tertiary/aromatic N) is 1. The van der Waals surface area contributed by atoms with Gasteiger partial charge in [-0.25, -0.2) is 4.39 Å². The molecule has 2 rings (SSSR count). The summed E-state index contributed by atoms with van der Waals surface area (Å²) in [6.07, 6.45) is 1.56. The van der Waals surface area contributed by atoms with Gasteiger partial charge in [0, 0.05) is 22.7 Å². The number of hydrogen-bond acceptors (Lipinski definition) is 1. The Balaban J connectivity index is 2.63. The smallest absolute Gasteiger partial charge is 0.131 e. The van der Waals surface area contributed by atoms with E-state index in [1.807, 2.05) is 0 Å². The van der Waals surface area contributed by atoms with Gasteiger partial charge in [0.2, 0.25) is 0 Å². The molecule has 0 saturated carbocycles. The Morgan fingerprint density at radius 1 is 1.25 bits per heavy atom. The molecule has 2 aromatic rings. The topological polar surface area (TPSA) is 12.9 Å². The summed E-state index contributed by atoms with van der Waals surface area (Å²) >= 11 is 9.20. The van der Waals surface area contributed by atoms with Crippen LogP contribution in [-0.4, -0.2) is 4.98 Å². The van der Waals surface area contributed by atoms with E-state index < -0.39 is 0 Å². The highest BCUT2D eigenvalue weighted by atomic mass is 79.9. The molecule has 0 aliphatic rings. The molecule has 0 spiro atoms. The molecule has 1 heterocycles. The minimum absolute atomic E-state index is 0.270. The maximum atomic E-state index is 13.6. The highest BCUT2D eigenvalue weighted by Crippen LogP contribution is 2.28. The van der Waals surface area contributed by atoms with E-state index in [9.17, 15) is 4.39 Å². The van der Waals surface area contributed by atoms with Crippen LogP contribution >= 0.6 is 27.5 Å². The molecule has 0 amide bonds. The molecule has 0 aliphatic heterocycles. The lowest BCUT2D eigenvalue weighted by molar-refractivity contribution is 0.631. The monoisotopic (exact) mass is 299 g/mol. The van der Waals surface area contributed by atoms with Gasteiger partial charge in [-0.3, -0.25) is 4.98 Å². The molecule has 1 aromatic heterocycles. The number of alkyl halides is 1. The molecule has 4 heteroatoms. The van der Waals surface area contributed by atoms with Crippen molar-refractivity contribution in [2.24, 2.45) is 0 Å². The number of aromatic nitrogens is 1. The Morgan fingerprint density at radius 2 is 2.00 bits per heavy atom. The minimum Gasteiger partial charge on any atom is -0.258 e. The largest absolute Gasteiger partial charge is 0.258 e. The van der Waals surface area contributed by atoms with Crippen molar-refractivity contribution in [1.29, 1.82) is 0 Å². The fraction of sp³-hybridized carbons (Fsp3) is 0.0833. The third-order valence-corrected chi connectivity index (χ3v) is 2.97. The highest BCUT2D eigenvalue weighted by molar-refractivity contribution is 9.08. The lowest BCUT2D eigenvalue weighted by Gasteiger charge is -2.07. The molecule has 0 saturated heterocycles. The second-order valence-corrected chi connectivity index (χ2v) is 4.26. The number of halogens is 3. The van der Waals surface area contributed by atoms with Crippen molar-refractivity contribution in [3.8, 4) is 11.1 Å². The zero-order valence-electron chi connectivity index (χ0n) is 8.25. The van der Waals surface area contributed by atoms with Crippen LogP contribution in [-0.2, 0) is 5.33 Å². The van der Waals surface area contributed by atoms with E-state index in [1.54, 1.807) is 30.5 Å². The van der Waals surface area contributed by atoms with Gasteiger partial charge in [0.05, 0.1) is 10.7 Å². The molecule has 0 fully saturated rings. The average Bonchev–Trinajstić information content (AvgIpc) is 2.29. The molecule has 16 heavy (non-hydrogen) atoms. The third kappa shape index (κ3) is 2.25. The maximum Gasteiger partial charge on any atom is 0.131 e. The van der Waals surface area contributed by atoms with Crippen LogP contribution in [0, 0.1) is 5.82 Å². The van der Waals surface area contributed by atoms with Crippen LogP contribution < -0.4 is 0 Å². The average molecular weight is 301 g/mol. The van der Waals surface area contributed by atoms with Gasteiger partial charge >= 0.3 is 0 Å². The summed E-state index contributed by atoms with van der Waals surface area (Å²) in [6.45, 7) is 0. The number of pyridine rings is 1.